The highest BCUT2D eigenvalue weighted by molar-refractivity contribution is 5.87. The molecule has 2 unspecified atom stereocenters. The normalized spacial score (nSPS) is 14.0. The predicted octanol–water partition coefficient (Wildman–Crippen LogP) is 1.97. The fourth-order valence-corrected chi connectivity index (χ4v) is 2.26. The molecule has 0 radical (unpaired) electrons. The van der Waals surface area contributed by atoms with Gasteiger partial charge < -0.3 is 10.4 Å². The lowest BCUT2D eigenvalue weighted by Gasteiger charge is -2.19. The summed E-state index contributed by atoms with van der Waals surface area (Å²) in [6.07, 6.45) is 1.88. The largest absolute Gasteiger partial charge is 0.476 e. The van der Waals surface area contributed by atoms with E-state index in [4.69, 9.17) is 5.11 Å². The smallest absolute Gasteiger partial charge is 0.358 e. The van der Waals surface area contributed by atoms with Gasteiger partial charge in [-0.15, -0.1) is 5.10 Å². The highest BCUT2D eigenvalue weighted by atomic mass is 16.4. The molecule has 0 bridgehead atoms. The van der Waals surface area contributed by atoms with Crippen LogP contribution in [-0.2, 0) is 4.79 Å². The monoisotopic (exact) mass is 296 g/mol. The van der Waals surface area contributed by atoms with E-state index in [0.29, 0.717) is 5.69 Å². The quantitative estimate of drug-likeness (QED) is 0.801. The highest BCUT2D eigenvalue weighted by Crippen LogP contribution is 2.21. The summed E-state index contributed by atoms with van der Waals surface area (Å²) in [5, 5.41) is 19.6. The Kier molecular flexibility index (Phi) is 5.87. The molecule has 118 valence electrons. The highest BCUT2D eigenvalue weighted by Gasteiger charge is 2.27. The van der Waals surface area contributed by atoms with E-state index in [1.807, 2.05) is 20.8 Å². The number of carboxylic acids is 1. The number of hydrogen-bond acceptors (Lipinski definition) is 4. The molecule has 1 rings (SSSR count). The van der Waals surface area contributed by atoms with Crippen molar-refractivity contribution < 1.29 is 14.7 Å². The van der Waals surface area contributed by atoms with Crippen molar-refractivity contribution in [2.75, 3.05) is 0 Å². The Hall–Kier alpha value is -1.92. The average Bonchev–Trinajstić information content (AvgIpc) is 2.82. The van der Waals surface area contributed by atoms with Crippen LogP contribution in [0, 0.1) is 0 Å². The molecule has 1 heterocycles. The number of nitrogens with one attached hydrogen (secondary N) is 1. The first-order valence-electron chi connectivity index (χ1n) is 7.28. The van der Waals surface area contributed by atoms with E-state index in [-0.39, 0.29) is 23.6 Å². The Morgan fingerprint density at radius 2 is 1.90 bits per heavy atom. The maximum absolute atomic E-state index is 12.2. The van der Waals surface area contributed by atoms with Gasteiger partial charge in [-0.1, -0.05) is 32.4 Å². The van der Waals surface area contributed by atoms with Crippen LogP contribution in [0.5, 0.6) is 0 Å². The topological polar surface area (TPSA) is 97.1 Å². The average molecular weight is 296 g/mol. The third-order valence-electron chi connectivity index (χ3n) is 3.34. The number of hydrogen-bond donors (Lipinski definition) is 2. The van der Waals surface area contributed by atoms with E-state index in [0.717, 1.165) is 12.8 Å². The van der Waals surface area contributed by atoms with E-state index < -0.39 is 12.0 Å². The Bertz CT molecular complexity index is 510. The van der Waals surface area contributed by atoms with Crippen LogP contribution in [0.25, 0.3) is 0 Å². The first-order chi connectivity index (χ1) is 9.79. The third-order valence-corrected chi connectivity index (χ3v) is 3.34. The van der Waals surface area contributed by atoms with Gasteiger partial charge in [0.05, 0.1) is 5.69 Å². The zero-order valence-electron chi connectivity index (χ0n) is 13.3. The van der Waals surface area contributed by atoms with Gasteiger partial charge in [0, 0.05) is 6.04 Å². The second-order valence-corrected chi connectivity index (χ2v) is 5.60. The molecule has 7 nitrogen and oxygen atoms in total. The number of nitrogens with zero attached hydrogens (tertiary/aromatic N) is 3. The van der Waals surface area contributed by atoms with Gasteiger partial charge in [-0.25, -0.2) is 9.48 Å². The number of amides is 1. The second-order valence-electron chi connectivity index (χ2n) is 5.60. The minimum Gasteiger partial charge on any atom is -0.476 e. The van der Waals surface area contributed by atoms with Crippen LogP contribution < -0.4 is 5.32 Å². The molecule has 2 atom stereocenters. The number of carbonyl (C=O) groups excluding carboxylic acids is 1. The molecule has 0 fully saturated rings. The summed E-state index contributed by atoms with van der Waals surface area (Å²) in [5.74, 6) is -1.40. The van der Waals surface area contributed by atoms with Gasteiger partial charge in [0.2, 0.25) is 5.91 Å². The maximum Gasteiger partial charge on any atom is 0.358 e. The molecule has 0 saturated carbocycles. The van der Waals surface area contributed by atoms with Crippen molar-refractivity contribution in [1.29, 1.82) is 0 Å². The van der Waals surface area contributed by atoms with E-state index in [2.05, 4.69) is 22.6 Å². The summed E-state index contributed by atoms with van der Waals surface area (Å²) < 4.78 is 1.40. The lowest BCUT2D eigenvalue weighted by atomic mass is 10.1. The summed E-state index contributed by atoms with van der Waals surface area (Å²) in [4.78, 5) is 23.4. The van der Waals surface area contributed by atoms with E-state index in [9.17, 15) is 9.59 Å². The van der Waals surface area contributed by atoms with Crippen molar-refractivity contribution >= 4 is 11.9 Å². The van der Waals surface area contributed by atoms with Gasteiger partial charge >= 0.3 is 5.97 Å². The zero-order valence-corrected chi connectivity index (χ0v) is 13.3. The molecule has 0 aliphatic carbocycles. The Balaban J connectivity index is 2.99. The van der Waals surface area contributed by atoms with Gasteiger partial charge in [0.15, 0.2) is 5.69 Å². The van der Waals surface area contributed by atoms with E-state index in [1.54, 1.807) is 6.92 Å². The molecule has 0 aliphatic rings. The first-order valence-corrected chi connectivity index (χ1v) is 7.28. The Morgan fingerprint density at radius 1 is 1.29 bits per heavy atom. The molecule has 0 spiro atoms. The van der Waals surface area contributed by atoms with Gasteiger partial charge in [0.25, 0.3) is 0 Å². The molecule has 21 heavy (non-hydrogen) atoms. The van der Waals surface area contributed by atoms with Crippen molar-refractivity contribution in [3.63, 3.8) is 0 Å². The first kappa shape index (κ1) is 17.1. The van der Waals surface area contributed by atoms with E-state index >= 15 is 0 Å². The molecule has 1 aromatic rings. The van der Waals surface area contributed by atoms with E-state index in [1.165, 1.54) is 4.68 Å². The molecule has 1 amide bonds. The van der Waals surface area contributed by atoms with Gasteiger partial charge in [0.1, 0.15) is 6.04 Å². The Morgan fingerprint density at radius 3 is 2.38 bits per heavy atom. The second kappa shape index (κ2) is 7.19. The lowest BCUT2D eigenvalue weighted by Crippen LogP contribution is -2.38. The van der Waals surface area contributed by atoms with Crippen molar-refractivity contribution in [2.45, 2.75) is 65.5 Å². The number of aromatic carboxylic acids is 1. The van der Waals surface area contributed by atoms with Crippen LogP contribution in [0.2, 0.25) is 0 Å². The fraction of sp³-hybridized carbons (Fsp3) is 0.714. The molecular formula is C14H24N4O3. The maximum atomic E-state index is 12.2. The molecule has 2 N–H and O–H groups in total. The number of carbonyl (C=O) groups is 2. The van der Waals surface area contributed by atoms with Crippen molar-refractivity contribution in [3.05, 3.63) is 11.4 Å². The SMILES string of the molecule is CCCC(C)NC(=O)C(C)n1nnc(C(=O)O)c1C(C)C. The molecule has 1 aromatic heterocycles. The van der Waals surface area contributed by atoms with Crippen LogP contribution in [0.4, 0.5) is 0 Å². The fourth-order valence-electron chi connectivity index (χ4n) is 2.26. The van der Waals surface area contributed by atoms with Crippen molar-refractivity contribution in [3.8, 4) is 0 Å². The minimum atomic E-state index is -1.13. The van der Waals surface area contributed by atoms with Gasteiger partial charge in [-0.2, -0.15) is 0 Å². The lowest BCUT2D eigenvalue weighted by molar-refractivity contribution is -0.124. The Labute approximate surface area is 124 Å². The molecule has 0 saturated heterocycles. The van der Waals surface area contributed by atoms with Crippen LogP contribution in [0.15, 0.2) is 0 Å². The van der Waals surface area contributed by atoms with Crippen LogP contribution in [-0.4, -0.2) is 38.0 Å². The van der Waals surface area contributed by atoms with Crippen LogP contribution in [0.1, 0.15) is 75.6 Å². The third kappa shape index (κ3) is 4.03. The summed E-state index contributed by atoms with van der Waals surface area (Å²) in [6, 6.07) is -0.516. The molecule has 0 aliphatic heterocycles. The summed E-state index contributed by atoms with van der Waals surface area (Å²) in [5.41, 5.74) is 0.375. The van der Waals surface area contributed by atoms with Gasteiger partial charge in [-0.3, -0.25) is 4.79 Å². The number of aromatic nitrogens is 3. The summed E-state index contributed by atoms with van der Waals surface area (Å²) in [7, 11) is 0. The van der Waals surface area contributed by atoms with Crippen molar-refractivity contribution in [2.24, 2.45) is 0 Å². The minimum absolute atomic E-state index is 0.0786. The number of rotatable bonds is 7. The van der Waals surface area contributed by atoms with Crippen LogP contribution >= 0.6 is 0 Å². The zero-order chi connectivity index (χ0) is 16.2. The molecular weight excluding hydrogens is 272 g/mol. The van der Waals surface area contributed by atoms with Crippen LogP contribution in [0.3, 0.4) is 0 Å². The predicted molar refractivity (Wildman–Crippen MR) is 78.3 cm³/mol. The summed E-state index contributed by atoms with van der Waals surface area (Å²) >= 11 is 0. The molecule has 7 heteroatoms. The number of carboxylic acid groups (broad SMARTS) is 1. The van der Waals surface area contributed by atoms with Crippen molar-refractivity contribution in [1.82, 2.24) is 20.3 Å². The molecule has 0 aromatic carbocycles. The van der Waals surface area contributed by atoms with Gasteiger partial charge in [-0.05, 0) is 26.2 Å². The standard InChI is InChI=1S/C14H24N4O3/c1-6-7-9(4)15-13(19)10(5)18-12(8(2)3)11(14(20)21)16-17-18/h8-10H,6-7H2,1-5H3,(H,15,19)(H,20,21). The summed E-state index contributed by atoms with van der Waals surface area (Å²) in [6.45, 7) is 9.40.